The van der Waals surface area contributed by atoms with E-state index in [0.717, 1.165) is 12.3 Å². The van der Waals surface area contributed by atoms with E-state index in [1.807, 2.05) is 0 Å². The molecule has 0 aromatic carbocycles. The Balaban J connectivity index is 3.01. The zero-order valence-corrected chi connectivity index (χ0v) is 9.89. The number of halogens is 1. The largest absolute Gasteiger partial charge is 0.480 e. The average Bonchev–Trinajstić information content (AvgIpc) is 2.28. The topological polar surface area (TPSA) is 117 Å². The van der Waals surface area contributed by atoms with Gasteiger partial charge in [0.25, 0.3) is 10.0 Å². The van der Waals surface area contributed by atoms with Gasteiger partial charge >= 0.3 is 5.97 Å². The van der Waals surface area contributed by atoms with Gasteiger partial charge in [-0.25, -0.2) is 17.8 Å². The third kappa shape index (κ3) is 3.45. The van der Waals surface area contributed by atoms with Crippen molar-refractivity contribution in [2.24, 2.45) is 0 Å². The second-order valence-electron chi connectivity index (χ2n) is 3.31. The first-order valence-electron chi connectivity index (χ1n) is 4.85. The smallest absolute Gasteiger partial charge is 0.321 e. The molecule has 0 saturated carbocycles. The van der Waals surface area contributed by atoms with Gasteiger partial charge in [0, 0.05) is 12.8 Å². The Bertz CT molecular complexity index is 534. The zero-order chi connectivity index (χ0) is 13.8. The number of sulfonamides is 1. The Morgan fingerprint density at radius 1 is 1.56 bits per heavy atom. The van der Waals surface area contributed by atoms with Gasteiger partial charge in [0.15, 0.2) is 5.82 Å². The van der Waals surface area contributed by atoms with Crippen LogP contribution in [0.3, 0.4) is 0 Å². The summed E-state index contributed by atoms with van der Waals surface area (Å²) in [6.07, 6.45) is 0.739. The minimum atomic E-state index is -4.39. The molecule has 0 aliphatic heterocycles. The molecule has 0 radical (unpaired) electrons. The summed E-state index contributed by atoms with van der Waals surface area (Å²) in [5.74, 6) is -2.55. The minimum Gasteiger partial charge on any atom is -0.480 e. The fourth-order valence-corrected chi connectivity index (χ4v) is 2.40. The molecule has 0 unspecified atom stereocenters. The van der Waals surface area contributed by atoms with E-state index >= 15 is 0 Å². The number of nitrogens with zero attached hydrogens (tertiary/aromatic N) is 1. The quantitative estimate of drug-likeness (QED) is 0.635. The predicted octanol–water partition coefficient (Wildman–Crippen LogP) is -0.665. The predicted molar refractivity (Wildman–Crippen MR) is 57.6 cm³/mol. The molecule has 0 bridgehead atoms. The van der Waals surface area contributed by atoms with Crippen LogP contribution < -0.4 is 4.72 Å². The van der Waals surface area contributed by atoms with Crippen LogP contribution in [0.4, 0.5) is 4.39 Å². The highest BCUT2D eigenvalue weighted by atomic mass is 32.2. The first-order valence-corrected chi connectivity index (χ1v) is 6.33. The van der Waals surface area contributed by atoms with E-state index in [4.69, 9.17) is 10.2 Å². The number of aliphatic carboxylic acids is 1. The van der Waals surface area contributed by atoms with Crippen LogP contribution in [-0.4, -0.2) is 42.2 Å². The van der Waals surface area contributed by atoms with Crippen molar-refractivity contribution in [2.45, 2.75) is 17.5 Å². The van der Waals surface area contributed by atoms with Gasteiger partial charge in [-0.15, -0.1) is 0 Å². The fraction of sp³-hybridized carbons (Fsp3) is 0.333. The third-order valence-corrected chi connectivity index (χ3v) is 3.40. The lowest BCUT2D eigenvalue weighted by molar-refractivity contribution is -0.139. The van der Waals surface area contributed by atoms with E-state index < -0.39 is 39.5 Å². The van der Waals surface area contributed by atoms with Crippen LogP contribution >= 0.6 is 0 Å². The Morgan fingerprint density at radius 2 is 2.22 bits per heavy atom. The van der Waals surface area contributed by atoms with Crippen LogP contribution in [0.25, 0.3) is 0 Å². The molecule has 0 spiro atoms. The second-order valence-corrected chi connectivity index (χ2v) is 4.94. The molecule has 1 atom stereocenters. The van der Waals surface area contributed by atoms with Crippen molar-refractivity contribution in [3.05, 3.63) is 24.1 Å². The van der Waals surface area contributed by atoms with Gasteiger partial charge in [-0.2, -0.15) is 4.72 Å². The number of pyridine rings is 1. The molecule has 0 fully saturated rings. The molecular formula is C9H11FN2O5S. The molecule has 1 aromatic heterocycles. The van der Waals surface area contributed by atoms with Crippen molar-refractivity contribution < 1.29 is 27.8 Å². The lowest BCUT2D eigenvalue weighted by atomic mass is 10.2. The van der Waals surface area contributed by atoms with Crippen molar-refractivity contribution in [3.8, 4) is 0 Å². The molecule has 1 heterocycles. The number of carboxylic acid groups (broad SMARTS) is 1. The van der Waals surface area contributed by atoms with E-state index in [-0.39, 0.29) is 6.42 Å². The van der Waals surface area contributed by atoms with E-state index in [1.54, 1.807) is 4.72 Å². The number of nitrogens with one attached hydrogen (secondary N) is 1. The van der Waals surface area contributed by atoms with Crippen LogP contribution in [0.2, 0.25) is 0 Å². The number of rotatable bonds is 6. The van der Waals surface area contributed by atoms with E-state index in [2.05, 4.69) is 4.98 Å². The fourth-order valence-electron chi connectivity index (χ4n) is 1.17. The number of carboxylic acids is 1. The number of carbonyl (C=O) groups is 1. The van der Waals surface area contributed by atoms with Gasteiger partial charge in [-0.3, -0.25) is 4.79 Å². The third-order valence-electron chi connectivity index (χ3n) is 1.99. The van der Waals surface area contributed by atoms with E-state index in [1.165, 1.54) is 6.07 Å². The first-order chi connectivity index (χ1) is 8.38. The lowest BCUT2D eigenvalue weighted by Crippen LogP contribution is -2.41. The van der Waals surface area contributed by atoms with Crippen molar-refractivity contribution in [2.75, 3.05) is 6.61 Å². The van der Waals surface area contributed by atoms with Crippen molar-refractivity contribution in [3.63, 3.8) is 0 Å². The molecule has 3 N–H and O–H groups in total. The number of hydrogen-bond donors (Lipinski definition) is 3. The first kappa shape index (κ1) is 14.5. The standard InChI is InChI=1S/C9H11FN2O5S/c10-6-2-1-4-11-8(6)18(16,17)12-7(3-5-13)9(14)15/h1-2,4,7,12-13H,3,5H2,(H,14,15)/t7-/m0/s1. The molecule has 0 aliphatic carbocycles. The molecular weight excluding hydrogens is 267 g/mol. The highest BCUT2D eigenvalue weighted by Crippen LogP contribution is 2.11. The Kier molecular flexibility index (Phi) is 4.70. The summed E-state index contributed by atoms with van der Waals surface area (Å²) in [7, 11) is -4.39. The van der Waals surface area contributed by atoms with Gasteiger partial charge < -0.3 is 10.2 Å². The Hall–Kier alpha value is -1.58. The monoisotopic (exact) mass is 278 g/mol. The maximum Gasteiger partial charge on any atom is 0.321 e. The van der Waals surface area contributed by atoms with Gasteiger partial charge in [0.2, 0.25) is 5.03 Å². The molecule has 0 saturated heterocycles. The summed E-state index contributed by atoms with van der Waals surface area (Å²) in [6, 6.07) is 0.557. The maximum atomic E-state index is 13.2. The zero-order valence-electron chi connectivity index (χ0n) is 9.08. The van der Waals surface area contributed by atoms with Crippen LogP contribution in [0, 0.1) is 5.82 Å². The van der Waals surface area contributed by atoms with Crippen molar-refractivity contribution in [1.29, 1.82) is 0 Å². The van der Waals surface area contributed by atoms with Crippen LogP contribution in [0.1, 0.15) is 6.42 Å². The highest BCUT2D eigenvalue weighted by molar-refractivity contribution is 7.89. The summed E-state index contributed by atoms with van der Waals surface area (Å²) in [5, 5.41) is 16.5. The number of aromatic nitrogens is 1. The summed E-state index contributed by atoms with van der Waals surface area (Å²) in [6.45, 7) is -0.524. The average molecular weight is 278 g/mol. The lowest BCUT2D eigenvalue weighted by Gasteiger charge is -2.13. The summed E-state index contributed by atoms with van der Waals surface area (Å²) < 4.78 is 38.4. The summed E-state index contributed by atoms with van der Waals surface area (Å²) >= 11 is 0. The maximum absolute atomic E-state index is 13.2. The van der Waals surface area contributed by atoms with E-state index in [0.29, 0.717) is 0 Å². The Morgan fingerprint density at radius 3 is 2.72 bits per heavy atom. The van der Waals surface area contributed by atoms with Crippen molar-refractivity contribution in [1.82, 2.24) is 9.71 Å². The van der Waals surface area contributed by atoms with Crippen LogP contribution in [0.15, 0.2) is 23.4 Å². The van der Waals surface area contributed by atoms with Crippen molar-refractivity contribution >= 4 is 16.0 Å². The van der Waals surface area contributed by atoms with Crippen LogP contribution in [-0.2, 0) is 14.8 Å². The van der Waals surface area contributed by atoms with Gasteiger partial charge in [0.05, 0.1) is 0 Å². The minimum absolute atomic E-state index is 0.330. The Labute approximate surface area is 102 Å². The second kappa shape index (κ2) is 5.85. The molecule has 1 rings (SSSR count). The molecule has 0 amide bonds. The molecule has 18 heavy (non-hydrogen) atoms. The van der Waals surface area contributed by atoms with E-state index in [9.17, 15) is 17.6 Å². The molecule has 9 heteroatoms. The highest BCUT2D eigenvalue weighted by Gasteiger charge is 2.27. The van der Waals surface area contributed by atoms with Gasteiger partial charge in [-0.1, -0.05) is 0 Å². The summed E-state index contributed by atoms with van der Waals surface area (Å²) in [5.41, 5.74) is 0. The summed E-state index contributed by atoms with van der Waals surface area (Å²) in [4.78, 5) is 14.1. The van der Waals surface area contributed by atoms with Gasteiger partial charge in [-0.05, 0) is 18.6 Å². The molecule has 0 aliphatic rings. The normalized spacial score (nSPS) is 13.2. The van der Waals surface area contributed by atoms with Crippen LogP contribution in [0.5, 0.6) is 0 Å². The number of hydrogen-bond acceptors (Lipinski definition) is 5. The molecule has 7 nitrogen and oxygen atoms in total. The van der Waals surface area contributed by atoms with Gasteiger partial charge in [0.1, 0.15) is 6.04 Å². The SMILES string of the molecule is O=C(O)[C@H](CCO)NS(=O)(=O)c1ncccc1F. The number of aliphatic hydroxyl groups excluding tert-OH is 1. The molecule has 1 aromatic rings. The number of aliphatic hydroxyl groups is 1. The molecule has 100 valence electrons.